The molecule has 0 aliphatic carbocycles. The predicted octanol–water partition coefficient (Wildman–Crippen LogP) is 3.37. The van der Waals surface area contributed by atoms with E-state index in [0.717, 1.165) is 43.2 Å². The normalized spacial score (nSPS) is 16.7. The molecule has 21 heavy (non-hydrogen) atoms. The lowest BCUT2D eigenvalue weighted by Crippen LogP contribution is -2.43. The van der Waals surface area contributed by atoms with Crippen LogP contribution in [0.5, 0.6) is 11.5 Å². The Balaban J connectivity index is 1.78. The minimum Gasteiger partial charge on any atom is -0.456 e. The number of para-hydroxylation sites is 1. The van der Waals surface area contributed by atoms with Gasteiger partial charge in [-0.05, 0) is 24.3 Å². The highest BCUT2D eigenvalue weighted by atomic mass is 16.5. The largest absolute Gasteiger partial charge is 0.456 e. The maximum absolute atomic E-state index is 6.13. The summed E-state index contributed by atoms with van der Waals surface area (Å²) in [4.78, 5) is 2.43. The van der Waals surface area contributed by atoms with Crippen LogP contribution in [0.1, 0.15) is 11.1 Å². The van der Waals surface area contributed by atoms with Gasteiger partial charge in [0.15, 0.2) is 0 Å². The van der Waals surface area contributed by atoms with Crippen LogP contribution < -0.4 is 15.0 Å². The van der Waals surface area contributed by atoms with E-state index in [1.807, 2.05) is 24.3 Å². The number of fused-ring (bicyclic) bond motifs is 2. The molecule has 2 aromatic rings. The van der Waals surface area contributed by atoms with Gasteiger partial charge in [-0.25, -0.2) is 0 Å². The Morgan fingerprint density at radius 1 is 0.857 bits per heavy atom. The zero-order chi connectivity index (χ0) is 14.1. The molecule has 2 aliphatic heterocycles. The number of piperazine rings is 1. The molecule has 0 unspecified atom stereocenters. The van der Waals surface area contributed by atoms with Gasteiger partial charge in [0.05, 0.1) is 0 Å². The number of anilines is 1. The number of nitrogens with one attached hydrogen (secondary N) is 1. The van der Waals surface area contributed by atoms with Crippen LogP contribution in [0.3, 0.4) is 0 Å². The molecule has 0 spiro atoms. The molecule has 1 N–H and O–H groups in total. The average Bonchev–Trinajstić information content (AvgIpc) is 2.74. The maximum Gasteiger partial charge on any atom is 0.136 e. The Morgan fingerprint density at radius 2 is 1.67 bits per heavy atom. The topological polar surface area (TPSA) is 24.5 Å². The molecule has 0 saturated carbocycles. The molecule has 0 amide bonds. The van der Waals surface area contributed by atoms with Gasteiger partial charge in [-0.1, -0.05) is 30.3 Å². The molecule has 3 nitrogen and oxygen atoms in total. The molecule has 4 rings (SSSR count). The van der Waals surface area contributed by atoms with Crippen molar-refractivity contribution in [2.75, 3.05) is 31.1 Å². The molecule has 1 fully saturated rings. The lowest BCUT2D eigenvalue weighted by molar-refractivity contribution is 0.481. The SMILES string of the molecule is C1=Cc2c(cccc2N2CCNCC2)Oc2ccccc21. The van der Waals surface area contributed by atoms with Crippen molar-refractivity contribution in [2.24, 2.45) is 0 Å². The molecule has 2 aliphatic rings. The number of nitrogens with zero attached hydrogens (tertiary/aromatic N) is 1. The first-order valence-corrected chi connectivity index (χ1v) is 7.45. The van der Waals surface area contributed by atoms with E-state index in [0.29, 0.717) is 0 Å². The lowest BCUT2D eigenvalue weighted by atomic mass is 10.1. The summed E-state index contributed by atoms with van der Waals surface area (Å²) >= 11 is 0. The van der Waals surface area contributed by atoms with Crippen molar-refractivity contribution in [3.8, 4) is 11.5 Å². The Hall–Kier alpha value is -2.26. The minimum absolute atomic E-state index is 0.921. The minimum atomic E-state index is 0.921. The van der Waals surface area contributed by atoms with Crippen LogP contribution in [-0.2, 0) is 0 Å². The summed E-state index contributed by atoms with van der Waals surface area (Å²) in [7, 11) is 0. The lowest BCUT2D eigenvalue weighted by Gasteiger charge is -2.31. The molecular weight excluding hydrogens is 260 g/mol. The van der Waals surface area contributed by atoms with Gasteiger partial charge >= 0.3 is 0 Å². The zero-order valence-corrected chi connectivity index (χ0v) is 11.9. The van der Waals surface area contributed by atoms with Crippen LogP contribution in [0.2, 0.25) is 0 Å². The first kappa shape index (κ1) is 12.5. The highest BCUT2D eigenvalue weighted by molar-refractivity contribution is 5.84. The van der Waals surface area contributed by atoms with E-state index in [4.69, 9.17) is 4.74 Å². The molecule has 2 aromatic carbocycles. The van der Waals surface area contributed by atoms with Gasteiger partial charge in [0.2, 0.25) is 0 Å². The Kier molecular flexibility index (Phi) is 3.13. The van der Waals surface area contributed by atoms with E-state index in [1.54, 1.807) is 0 Å². The summed E-state index contributed by atoms with van der Waals surface area (Å²) in [5, 5.41) is 3.40. The number of rotatable bonds is 1. The van der Waals surface area contributed by atoms with Crippen LogP contribution in [-0.4, -0.2) is 26.2 Å². The van der Waals surface area contributed by atoms with Crippen molar-refractivity contribution in [2.45, 2.75) is 0 Å². The van der Waals surface area contributed by atoms with Crippen LogP contribution in [0, 0.1) is 0 Å². The molecule has 2 heterocycles. The van der Waals surface area contributed by atoms with Gasteiger partial charge in [-0.2, -0.15) is 0 Å². The van der Waals surface area contributed by atoms with Crippen molar-refractivity contribution < 1.29 is 4.74 Å². The number of ether oxygens (including phenoxy) is 1. The third kappa shape index (κ3) is 2.30. The number of hydrogen-bond acceptors (Lipinski definition) is 3. The number of hydrogen-bond donors (Lipinski definition) is 1. The maximum atomic E-state index is 6.13. The van der Waals surface area contributed by atoms with E-state index >= 15 is 0 Å². The summed E-state index contributed by atoms with van der Waals surface area (Å²) in [5.41, 5.74) is 3.56. The summed E-state index contributed by atoms with van der Waals surface area (Å²) in [6.45, 7) is 4.15. The van der Waals surface area contributed by atoms with Crippen molar-refractivity contribution in [3.63, 3.8) is 0 Å². The summed E-state index contributed by atoms with van der Waals surface area (Å²) in [6.07, 6.45) is 4.32. The van der Waals surface area contributed by atoms with Gasteiger partial charge in [0.1, 0.15) is 11.5 Å². The summed E-state index contributed by atoms with van der Waals surface area (Å²) < 4.78 is 6.13. The van der Waals surface area contributed by atoms with Crippen molar-refractivity contribution in [1.82, 2.24) is 5.32 Å². The Labute approximate surface area is 124 Å². The summed E-state index contributed by atoms with van der Waals surface area (Å²) in [6, 6.07) is 14.5. The quantitative estimate of drug-likeness (QED) is 0.738. The highest BCUT2D eigenvalue weighted by Crippen LogP contribution is 2.38. The van der Waals surface area contributed by atoms with Crippen LogP contribution in [0.4, 0.5) is 5.69 Å². The second-order valence-corrected chi connectivity index (χ2v) is 5.40. The molecule has 0 radical (unpaired) electrons. The smallest absolute Gasteiger partial charge is 0.136 e. The molecule has 0 aromatic heterocycles. The van der Waals surface area contributed by atoms with Gasteiger partial charge in [0, 0.05) is 43.0 Å². The van der Waals surface area contributed by atoms with Crippen molar-refractivity contribution in [1.29, 1.82) is 0 Å². The fourth-order valence-corrected chi connectivity index (χ4v) is 2.97. The second kappa shape index (κ2) is 5.26. The third-order valence-electron chi connectivity index (χ3n) is 4.07. The summed E-state index contributed by atoms with van der Waals surface area (Å²) in [5.74, 6) is 1.86. The zero-order valence-electron chi connectivity index (χ0n) is 11.9. The highest BCUT2D eigenvalue weighted by Gasteiger charge is 2.18. The van der Waals surface area contributed by atoms with Crippen LogP contribution >= 0.6 is 0 Å². The van der Waals surface area contributed by atoms with Crippen molar-refractivity contribution in [3.05, 3.63) is 53.6 Å². The molecule has 0 bridgehead atoms. The van der Waals surface area contributed by atoms with Crippen LogP contribution in [0.25, 0.3) is 12.2 Å². The van der Waals surface area contributed by atoms with Gasteiger partial charge in [-0.15, -0.1) is 0 Å². The van der Waals surface area contributed by atoms with E-state index in [-0.39, 0.29) is 0 Å². The molecule has 3 heteroatoms. The standard InChI is InChI=1S/C18H18N2O/c1-2-6-17-14(4-1)8-9-15-16(5-3-7-18(15)21-17)20-12-10-19-11-13-20/h1-9,19H,10-13H2. The van der Waals surface area contributed by atoms with E-state index in [2.05, 4.69) is 40.6 Å². The average molecular weight is 278 g/mol. The molecule has 106 valence electrons. The van der Waals surface area contributed by atoms with Crippen molar-refractivity contribution >= 4 is 17.8 Å². The third-order valence-corrected chi connectivity index (χ3v) is 4.07. The fourth-order valence-electron chi connectivity index (χ4n) is 2.97. The van der Waals surface area contributed by atoms with E-state index < -0.39 is 0 Å². The van der Waals surface area contributed by atoms with Gasteiger partial charge in [0.25, 0.3) is 0 Å². The Bertz CT molecular complexity index is 687. The van der Waals surface area contributed by atoms with Gasteiger partial charge < -0.3 is 15.0 Å². The van der Waals surface area contributed by atoms with E-state index in [1.165, 1.54) is 11.3 Å². The molecular formula is C18H18N2O. The first-order chi connectivity index (χ1) is 10.4. The fraction of sp³-hybridized carbons (Fsp3) is 0.222. The van der Waals surface area contributed by atoms with Crippen LogP contribution in [0.15, 0.2) is 42.5 Å². The van der Waals surface area contributed by atoms with Gasteiger partial charge in [-0.3, -0.25) is 0 Å². The molecule has 1 saturated heterocycles. The monoisotopic (exact) mass is 278 g/mol. The predicted molar refractivity (Wildman–Crippen MR) is 87.0 cm³/mol. The van der Waals surface area contributed by atoms with E-state index in [9.17, 15) is 0 Å². The molecule has 0 atom stereocenters. The first-order valence-electron chi connectivity index (χ1n) is 7.45. The Morgan fingerprint density at radius 3 is 2.57 bits per heavy atom. The second-order valence-electron chi connectivity index (χ2n) is 5.40. The number of benzene rings is 2.